The summed E-state index contributed by atoms with van der Waals surface area (Å²) in [4.78, 5) is 10.1. The van der Waals surface area contributed by atoms with Crippen molar-refractivity contribution in [1.82, 2.24) is 15.0 Å². The van der Waals surface area contributed by atoms with E-state index in [4.69, 9.17) is 19.3 Å². The van der Waals surface area contributed by atoms with Crippen molar-refractivity contribution in [3.63, 3.8) is 0 Å². The smallest absolute Gasteiger partial charge is 0.329 e. The molecule has 8 heteroatoms. The Bertz CT molecular complexity index is 355. The fraction of sp³-hybridized carbons (Fsp3) is 0.700. The van der Waals surface area contributed by atoms with Crippen LogP contribution in [0.25, 0.3) is 0 Å². The second kappa shape index (κ2) is 8.56. The number of nitrogens with zero attached hydrogens (tertiary/aromatic N) is 3. The lowest BCUT2D eigenvalue weighted by atomic mass is 10.5. The topological polar surface area (TPSA) is 95.7 Å². The molecule has 8 nitrogen and oxygen atoms in total. The van der Waals surface area contributed by atoms with Crippen molar-refractivity contribution in [1.29, 1.82) is 0 Å². The van der Waals surface area contributed by atoms with Gasteiger partial charge in [0, 0.05) is 7.05 Å². The van der Waals surface area contributed by atoms with Crippen LogP contribution in [-0.2, 0) is 32.7 Å². The van der Waals surface area contributed by atoms with Crippen molar-refractivity contribution >= 4 is 5.97 Å². The number of ether oxygens (including phenoxy) is 3. The second-order valence-electron chi connectivity index (χ2n) is 3.49. The molecule has 0 aromatic carbocycles. The summed E-state index contributed by atoms with van der Waals surface area (Å²) in [7, 11) is 1.79. The minimum Gasteiger partial charge on any atom is -0.480 e. The first kappa shape index (κ1) is 14.6. The minimum atomic E-state index is -0.984. The number of carboxylic acids is 1. The Morgan fingerprint density at radius 1 is 1.28 bits per heavy atom. The van der Waals surface area contributed by atoms with Gasteiger partial charge in [-0.25, -0.2) is 4.79 Å². The van der Waals surface area contributed by atoms with Crippen LogP contribution in [0.4, 0.5) is 0 Å². The van der Waals surface area contributed by atoms with Gasteiger partial charge in [-0.2, -0.15) is 0 Å². The fourth-order valence-electron chi connectivity index (χ4n) is 1.14. The van der Waals surface area contributed by atoms with E-state index in [-0.39, 0.29) is 13.2 Å². The van der Waals surface area contributed by atoms with Crippen LogP contribution in [0.15, 0.2) is 6.20 Å². The Hall–Kier alpha value is -1.51. The molecule has 0 aliphatic heterocycles. The Morgan fingerprint density at radius 3 is 2.56 bits per heavy atom. The third kappa shape index (κ3) is 6.94. The molecule has 0 saturated heterocycles. The largest absolute Gasteiger partial charge is 0.480 e. The molecule has 0 saturated carbocycles. The van der Waals surface area contributed by atoms with E-state index in [2.05, 4.69) is 10.3 Å². The first-order valence-electron chi connectivity index (χ1n) is 5.48. The van der Waals surface area contributed by atoms with Crippen LogP contribution in [0, 0.1) is 0 Å². The predicted molar refractivity (Wildman–Crippen MR) is 59.9 cm³/mol. The number of carbonyl (C=O) groups is 1. The molecule has 0 aliphatic rings. The third-order valence-electron chi connectivity index (χ3n) is 1.87. The molecule has 102 valence electrons. The second-order valence-corrected chi connectivity index (χ2v) is 3.49. The van der Waals surface area contributed by atoms with E-state index in [0.717, 1.165) is 5.69 Å². The Kier molecular flexibility index (Phi) is 6.92. The van der Waals surface area contributed by atoms with Gasteiger partial charge < -0.3 is 19.3 Å². The summed E-state index contributed by atoms with van der Waals surface area (Å²) < 4.78 is 16.9. The van der Waals surface area contributed by atoms with E-state index >= 15 is 0 Å². The van der Waals surface area contributed by atoms with Gasteiger partial charge in [-0.05, 0) is 0 Å². The molecule has 18 heavy (non-hydrogen) atoms. The lowest BCUT2D eigenvalue weighted by molar-refractivity contribution is -0.142. The average molecular weight is 259 g/mol. The maximum absolute atomic E-state index is 10.1. The molecule has 0 bridgehead atoms. The number of hydrogen-bond donors (Lipinski definition) is 1. The van der Waals surface area contributed by atoms with Crippen LogP contribution in [-0.4, -0.2) is 59.1 Å². The van der Waals surface area contributed by atoms with Gasteiger partial charge in [-0.3, -0.25) is 4.68 Å². The van der Waals surface area contributed by atoms with Gasteiger partial charge in [0.1, 0.15) is 12.3 Å². The highest BCUT2D eigenvalue weighted by Crippen LogP contribution is 1.94. The molecule has 1 aromatic rings. The van der Waals surface area contributed by atoms with E-state index in [1.807, 2.05) is 0 Å². The molecule has 1 aromatic heterocycles. The zero-order chi connectivity index (χ0) is 13.2. The Labute approximate surface area is 104 Å². The summed E-state index contributed by atoms with van der Waals surface area (Å²) in [6, 6.07) is 0. The van der Waals surface area contributed by atoms with Crippen LogP contribution < -0.4 is 0 Å². The molecular formula is C10H17N3O5. The summed E-state index contributed by atoms with van der Waals surface area (Å²) in [6.07, 6.45) is 1.78. The van der Waals surface area contributed by atoms with Crippen LogP contribution in [0.2, 0.25) is 0 Å². The molecule has 0 atom stereocenters. The van der Waals surface area contributed by atoms with E-state index in [1.54, 1.807) is 17.9 Å². The SMILES string of the molecule is Cn1cc(COCCOCCOCC(=O)O)nn1. The molecule has 0 aliphatic carbocycles. The molecule has 0 fully saturated rings. The average Bonchev–Trinajstić information content (AvgIpc) is 2.72. The van der Waals surface area contributed by atoms with Crippen molar-refractivity contribution in [2.45, 2.75) is 6.61 Å². The predicted octanol–water partition coefficient (Wildman–Crippen LogP) is -0.550. The van der Waals surface area contributed by atoms with Gasteiger partial charge in [0.15, 0.2) is 0 Å². The van der Waals surface area contributed by atoms with Crippen molar-refractivity contribution in [3.8, 4) is 0 Å². The highest BCUT2D eigenvalue weighted by molar-refractivity contribution is 5.67. The van der Waals surface area contributed by atoms with Crippen molar-refractivity contribution in [2.24, 2.45) is 7.05 Å². The van der Waals surface area contributed by atoms with Crippen molar-refractivity contribution in [3.05, 3.63) is 11.9 Å². The van der Waals surface area contributed by atoms with Gasteiger partial charge in [-0.1, -0.05) is 5.21 Å². The maximum atomic E-state index is 10.1. The van der Waals surface area contributed by atoms with Gasteiger partial charge in [-0.15, -0.1) is 5.10 Å². The first-order valence-corrected chi connectivity index (χ1v) is 5.48. The Morgan fingerprint density at radius 2 is 1.94 bits per heavy atom. The van der Waals surface area contributed by atoms with Gasteiger partial charge in [0.05, 0.1) is 39.2 Å². The normalized spacial score (nSPS) is 10.7. The number of carboxylic acid groups (broad SMARTS) is 1. The molecule has 0 unspecified atom stereocenters. The standard InChI is InChI=1S/C10H17N3O5/c1-13-6-9(11-12-13)7-17-4-2-16-3-5-18-8-10(14)15/h6H,2-5,7-8H2,1H3,(H,14,15). The summed E-state index contributed by atoms with van der Waals surface area (Å²) in [5.41, 5.74) is 0.766. The highest BCUT2D eigenvalue weighted by atomic mass is 16.5. The van der Waals surface area contributed by atoms with Crippen LogP contribution >= 0.6 is 0 Å². The number of hydrogen-bond acceptors (Lipinski definition) is 6. The minimum absolute atomic E-state index is 0.260. The fourth-order valence-corrected chi connectivity index (χ4v) is 1.14. The van der Waals surface area contributed by atoms with Gasteiger partial charge in [0.25, 0.3) is 0 Å². The van der Waals surface area contributed by atoms with Crippen LogP contribution in [0.1, 0.15) is 5.69 Å². The molecule has 0 radical (unpaired) electrons. The van der Waals surface area contributed by atoms with E-state index in [1.165, 1.54) is 0 Å². The molecule has 1 rings (SSSR count). The zero-order valence-corrected chi connectivity index (χ0v) is 10.2. The number of aromatic nitrogens is 3. The molecule has 0 amide bonds. The molecular weight excluding hydrogens is 242 g/mol. The third-order valence-corrected chi connectivity index (χ3v) is 1.87. The van der Waals surface area contributed by atoms with Gasteiger partial charge in [0.2, 0.25) is 0 Å². The quantitative estimate of drug-likeness (QED) is 0.563. The lowest BCUT2D eigenvalue weighted by Crippen LogP contribution is -2.13. The summed E-state index contributed by atoms with van der Waals surface area (Å²) in [6.45, 7) is 1.57. The first-order chi connectivity index (χ1) is 8.68. The van der Waals surface area contributed by atoms with Gasteiger partial charge >= 0.3 is 5.97 Å². The summed E-state index contributed by atoms with van der Waals surface area (Å²) in [5, 5.41) is 15.9. The van der Waals surface area contributed by atoms with E-state index in [9.17, 15) is 4.79 Å². The van der Waals surface area contributed by atoms with Crippen LogP contribution in [0.3, 0.4) is 0 Å². The zero-order valence-electron chi connectivity index (χ0n) is 10.2. The molecule has 1 N–H and O–H groups in total. The monoisotopic (exact) mass is 259 g/mol. The number of rotatable bonds is 10. The van der Waals surface area contributed by atoms with E-state index in [0.29, 0.717) is 26.4 Å². The van der Waals surface area contributed by atoms with Crippen molar-refractivity contribution in [2.75, 3.05) is 33.0 Å². The molecule has 0 spiro atoms. The summed E-state index contributed by atoms with van der Waals surface area (Å²) in [5.74, 6) is -0.984. The number of aliphatic carboxylic acids is 1. The lowest BCUT2D eigenvalue weighted by Gasteiger charge is -2.04. The molecule has 1 heterocycles. The maximum Gasteiger partial charge on any atom is 0.329 e. The van der Waals surface area contributed by atoms with E-state index < -0.39 is 5.97 Å². The van der Waals surface area contributed by atoms with Crippen LogP contribution in [0.5, 0.6) is 0 Å². The highest BCUT2D eigenvalue weighted by Gasteiger charge is 1.98. The van der Waals surface area contributed by atoms with Crippen molar-refractivity contribution < 1.29 is 24.1 Å². The Balaban J connectivity index is 1.85. The number of aryl methyl sites for hydroxylation is 1. The summed E-state index contributed by atoms with van der Waals surface area (Å²) >= 11 is 0.